The van der Waals surface area contributed by atoms with Gasteiger partial charge in [0.2, 0.25) is 11.7 Å². The monoisotopic (exact) mass is 250 g/mol. The molecule has 0 unspecified atom stereocenters. The van der Waals surface area contributed by atoms with E-state index in [-0.39, 0.29) is 18.3 Å². The van der Waals surface area contributed by atoms with Crippen LogP contribution in [0.15, 0.2) is 18.2 Å². The Labute approximate surface area is 104 Å². The van der Waals surface area contributed by atoms with Crippen molar-refractivity contribution in [3.8, 4) is 11.5 Å². The minimum atomic E-state index is -0.221. The molecule has 6 heteroatoms. The van der Waals surface area contributed by atoms with E-state index in [0.29, 0.717) is 36.5 Å². The van der Waals surface area contributed by atoms with Crippen molar-refractivity contribution in [1.29, 1.82) is 0 Å². The Morgan fingerprint density at radius 2 is 2.33 bits per heavy atom. The SMILES string of the molecule is NNC(=O)CCCOc1ccc2c(c1)OCC2=O. The molecule has 2 rings (SSSR count). The lowest BCUT2D eigenvalue weighted by molar-refractivity contribution is -0.121. The molecule has 96 valence electrons. The standard InChI is InChI=1S/C12H14N2O4/c13-14-12(16)2-1-5-17-8-3-4-9-10(15)7-18-11(9)6-8/h3-4,6H,1-2,5,7,13H2,(H,14,16). The van der Waals surface area contributed by atoms with Crippen molar-refractivity contribution in [2.45, 2.75) is 12.8 Å². The summed E-state index contributed by atoms with van der Waals surface area (Å²) in [6.07, 6.45) is 0.885. The molecule has 1 amide bonds. The quantitative estimate of drug-likeness (QED) is 0.342. The van der Waals surface area contributed by atoms with Gasteiger partial charge in [-0.25, -0.2) is 5.84 Å². The normalized spacial score (nSPS) is 12.8. The second-order valence-electron chi connectivity index (χ2n) is 3.89. The lowest BCUT2D eigenvalue weighted by Gasteiger charge is -2.06. The Hall–Kier alpha value is -2.08. The number of amides is 1. The summed E-state index contributed by atoms with van der Waals surface area (Å²) in [5.41, 5.74) is 2.64. The van der Waals surface area contributed by atoms with E-state index in [1.807, 2.05) is 0 Å². The van der Waals surface area contributed by atoms with Crippen molar-refractivity contribution in [3.05, 3.63) is 23.8 Å². The summed E-state index contributed by atoms with van der Waals surface area (Å²) in [5.74, 6) is 5.89. The van der Waals surface area contributed by atoms with Crippen LogP contribution in [-0.4, -0.2) is 24.9 Å². The highest BCUT2D eigenvalue weighted by Crippen LogP contribution is 2.29. The molecule has 0 radical (unpaired) electrons. The summed E-state index contributed by atoms with van der Waals surface area (Å²) in [5, 5.41) is 0. The topological polar surface area (TPSA) is 90.7 Å². The zero-order valence-corrected chi connectivity index (χ0v) is 9.77. The summed E-state index contributed by atoms with van der Waals surface area (Å²) in [7, 11) is 0. The van der Waals surface area contributed by atoms with E-state index >= 15 is 0 Å². The van der Waals surface area contributed by atoms with Crippen LogP contribution in [0.2, 0.25) is 0 Å². The number of nitrogens with one attached hydrogen (secondary N) is 1. The Balaban J connectivity index is 1.84. The van der Waals surface area contributed by atoms with Gasteiger partial charge in [0.25, 0.3) is 0 Å². The maximum atomic E-state index is 11.3. The number of carbonyl (C=O) groups excluding carboxylic acids is 2. The van der Waals surface area contributed by atoms with Gasteiger partial charge in [-0.15, -0.1) is 0 Å². The maximum Gasteiger partial charge on any atom is 0.234 e. The predicted molar refractivity (Wildman–Crippen MR) is 63.3 cm³/mol. The van der Waals surface area contributed by atoms with E-state index in [0.717, 1.165) is 0 Å². The lowest BCUT2D eigenvalue weighted by Crippen LogP contribution is -2.29. The molecule has 3 N–H and O–H groups in total. The summed E-state index contributed by atoms with van der Waals surface area (Å²) in [6, 6.07) is 5.09. The molecule has 0 spiro atoms. The molecule has 1 aromatic rings. The fraction of sp³-hybridized carbons (Fsp3) is 0.333. The highest BCUT2D eigenvalue weighted by molar-refractivity contribution is 6.02. The largest absolute Gasteiger partial charge is 0.493 e. The van der Waals surface area contributed by atoms with Gasteiger partial charge in [-0.3, -0.25) is 15.0 Å². The molecular formula is C12H14N2O4. The average Bonchev–Trinajstić information content (AvgIpc) is 2.76. The Morgan fingerprint density at radius 1 is 1.50 bits per heavy atom. The van der Waals surface area contributed by atoms with Gasteiger partial charge in [0.15, 0.2) is 6.61 Å². The molecule has 0 saturated carbocycles. The summed E-state index contributed by atoms with van der Waals surface area (Å²) >= 11 is 0. The molecule has 1 aliphatic rings. The molecule has 1 aromatic carbocycles. The van der Waals surface area contributed by atoms with Crippen molar-refractivity contribution < 1.29 is 19.1 Å². The minimum absolute atomic E-state index is 0.0174. The molecule has 0 aliphatic carbocycles. The number of nitrogens with two attached hydrogens (primary N) is 1. The molecule has 18 heavy (non-hydrogen) atoms. The van der Waals surface area contributed by atoms with E-state index in [1.54, 1.807) is 18.2 Å². The Kier molecular flexibility index (Phi) is 3.78. The van der Waals surface area contributed by atoms with Gasteiger partial charge >= 0.3 is 0 Å². The van der Waals surface area contributed by atoms with Gasteiger partial charge in [-0.2, -0.15) is 0 Å². The van der Waals surface area contributed by atoms with Crippen LogP contribution in [0.5, 0.6) is 11.5 Å². The fourth-order valence-electron chi connectivity index (χ4n) is 1.66. The van der Waals surface area contributed by atoms with E-state index in [4.69, 9.17) is 15.3 Å². The van der Waals surface area contributed by atoms with Crippen LogP contribution in [-0.2, 0) is 4.79 Å². The number of Topliss-reactive ketones (excluding diaryl/α,β-unsaturated/α-hetero) is 1. The second-order valence-corrected chi connectivity index (χ2v) is 3.89. The van der Waals surface area contributed by atoms with E-state index in [9.17, 15) is 9.59 Å². The van der Waals surface area contributed by atoms with Crippen molar-refractivity contribution in [2.75, 3.05) is 13.2 Å². The number of rotatable bonds is 5. The van der Waals surface area contributed by atoms with Gasteiger partial charge in [0, 0.05) is 12.5 Å². The molecular weight excluding hydrogens is 236 g/mol. The number of ether oxygens (including phenoxy) is 2. The van der Waals surface area contributed by atoms with Crippen LogP contribution >= 0.6 is 0 Å². The summed E-state index contributed by atoms with van der Waals surface area (Å²) in [6.45, 7) is 0.496. The van der Waals surface area contributed by atoms with E-state index in [2.05, 4.69) is 5.43 Å². The van der Waals surface area contributed by atoms with Gasteiger partial charge in [0.1, 0.15) is 11.5 Å². The van der Waals surface area contributed by atoms with E-state index in [1.165, 1.54) is 0 Å². The average molecular weight is 250 g/mol. The first kappa shape index (κ1) is 12.4. The van der Waals surface area contributed by atoms with Gasteiger partial charge < -0.3 is 9.47 Å². The first-order chi connectivity index (χ1) is 8.70. The molecule has 0 bridgehead atoms. The first-order valence-electron chi connectivity index (χ1n) is 5.63. The lowest BCUT2D eigenvalue weighted by atomic mass is 10.1. The zero-order chi connectivity index (χ0) is 13.0. The number of fused-ring (bicyclic) bond motifs is 1. The molecule has 1 heterocycles. The van der Waals surface area contributed by atoms with Crippen molar-refractivity contribution >= 4 is 11.7 Å². The maximum absolute atomic E-state index is 11.3. The number of carbonyl (C=O) groups is 2. The number of hydrogen-bond donors (Lipinski definition) is 2. The van der Waals surface area contributed by atoms with Gasteiger partial charge in [-0.05, 0) is 18.6 Å². The third-order valence-corrected chi connectivity index (χ3v) is 2.59. The molecule has 6 nitrogen and oxygen atoms in total. The molecule has 0 saturated heterocycles. The Morgan fingerprint density at radius 3 is 3.11 bits per heavy atom. The molecule has 0 fully saturated rings. The molecule has 0 atom stereocenters. The van der Waals surface area contributed by atoms with E-state index < -0.39 is 0 Å². The molecule has 1 aliphatic heterocycles. The molecule has 0 aromatic heterocycles. The fourth-order valence-corrected chi connectivity index (χ4v) is 1.66. The first-order valence-corrected chi connectivity index (χ1v) is 5.63. The van der Waals surface area contributed by atoms with Crippen LogP contribution < -0.4 is 20.7 Å². The number of hydrazine groups is 1. The third kappa shape index (κ3) is 2.78. The van der Waals surface area contributed by atoms with Crippen molar-refractivity contribution in [3.63, 3.8) is 0 Å². The second kappa shape index (κ2) is 5.50. The minimum Gasteiger partial charge on any atom is -0.493 e. The van der Waals surface area contributed by atoms with Crippen molar-refractivity contribution in [1.82, 2.24) is 5.43 Å². The summed E-state index contributed by atoms with van der Waals surface area (Å²) < 4.78 is 10.7. The highest BCUT2D eigenvalue weighted by atomic mass is 16.5. The van der Waals surface area contributed by atoms with Crippen LogP contribution in [0.25, 0.3) is 0 Å². The van der Waals surface area contributed by atoms with Crippen LogP contribution in [0.3, 0.4) is 0 Å². The Bertz CT molecular complexity index is 473. The van der Waals surface area contributed by atoms with Crippen LogP contribution in [0.4, 0.5) is 0 Å². The zero-order valence-electron chi connectivity index (χ0n) is 9.77. The number of hydrogen-bond acceptors (Lipinski definition) is 5. The predicted octanol–water partition coefficient (Wildman–Crippen LogP) is 0.411. The van der Waals surface area contributed by atoms with Crippen molar-refractivity contribution in [2.24, 2.45) is 5.84 Å². The van der Waals surface area contributed by atoms with Crippen LogP contribution in [0.1, 0.15) is 23.2 Å². The van der Waals surface area contributed by atoms with Crippen LogP contribution in [0, 0.1) is 0 Å². The highest BCUT2D eigenvalue weighted by Gasteiger charge is 2.21. The number of benzene rings is 1. The van der Waals surface area contributed by atoms with Gasteiger partial charge in [0.05, 0.1) is 12.2 Å². The summed E-state index contributed by atoms with van der Waals surface area (Å²) in [4.78, 5) is 22.2. The number of ketones is 1. The van der Waals surface area contributed by atoms with Gasteiger partial charge in [-0.1, -0.05) is 0 Å². The third-order valence-electron chi connectivity index (χ3n) is 2.59. The smallest absolute Gasteiger partial charge is 0.234 e.